The second-order valence-electron chi connectivity index (χ2n) is 7.76. The number of allylic oxidation sites excluding steroid dienone is 1. The number of nitrogens with two attached hydrogens (primary N) is 2. The van der Waals surface area contributed by atoms with Crippen LogP contribution in [-0.2, 0) is 4.79 Å². The molecule has 1 atom stereocenters. The van der Waals surface area contributed by atoms with E-state index in [4.69, 9.17) is 16.6 Å². The number of carboxylic acid groups (broad SMARTS) is 1. The SMILES string of the molecule is CCCCCCCCCCCCCCC=CCC(N)=N[C@@H](CCCN)C(=O)O. The van der Waals surface area contributed by atoms with E-state index >= 15 is 0 Å². The van der Waals surface area contributed by atoms with E-state index in [-0.39, 0.29) is 0 Å². The Morgan fingerprint density at radius 3 is 1.93 bits per heavy atom. The Morgan fingerprint density at radius 1 is 0.893 bits per heavy atom. The highest BCUT2D eigenvalue weighted by Crippen LogP contribution is 2.12. The van der Waals surface area contributed by atoms with Crippen molar-refractivity contribution >= 4 is 11.8 Å². The predicted octanol–water partition coefficient (Wildman–Crippen LogP) is 5.57. The van der Waals surface area contributed by atoms with Crippen molar-refractivity contribution in [2.45, 2.75) is 116 Å². The first kappa shape index (κ1) is 26.6. The van der Waals surface area contributed by atoms with Gasteiger partial charge in [0.25, 0.3) is 0 Å². The number of unbranched alkanes of at least 4 members (excludes halogenated alkanes) is 12. The van der Waals surface area contributed by atoms with Crippen molar-refractivity contribution in [3.63, 3.8) is 0 Å². The van der Waals surface area contributed by atoms with E-state index in [0.717, 1.165) is 6.42 Å². The zero-order valence-electron chi connectivity index (χ0n) is 18.2. The molecule has 0 bridgehead atoms. The Labute approximate surface area is 173 Å². The minimum atomic E-state index is -0.933. The molecule has 0 aliphatic rings. The van der Waals surface area contributed by atoms with Crippen LogP contribution in [0.1, 0.15) is 110 Å². The first-order valence-corrected chi connectivity index (χ1v) is 11.5. The fourth-order valence-electron chi connectivity index (χ4n) is 3.23. The van der Waals surface area contributed by atoms with Crippen molar-refractivity contribution in [2.24, 2.45) is 16.5 Å². The fraction of sp³-hybridized carbons (Fsp3) is 0.826. The lowest BCUT2D eigenvalue weighted by molar-refractivity contribution is -0.138. The molecule has 0 radical (unpaired) electrons. The Morgan fingerprint density at radius 2 is 1.43 bits per heavy atom. The van der Waals surface area contributed by atoms with Crippen LogP contribution < -0.4 is 11.5 Å². The standard InChI is InChI=1S/C23H45N3O2/c1-2-3-4-5-6-7-8-9-10-11-12-13-14-15-16-19-22(25)26-21(23(27)28)18-17-20-24/h15-16,21H,2-14,17-20,24H2,1H3,(H2,25,26)(H,27,28)/t21-/m0/s1. The van der Waals surface area contributed by atoms with Crippen molar-refractivity contribution < 1.29 is 9.90 Å². The Bertz CT molecular complexity index is 422. The van der Waals surface area contributed by atoms with Gasteiger partial charge in [-0.15, -0.1) is 0 Å². The lowest BCUT2D eigenvalue weighted by atomic mass is 10.0. The molecule has 0 spiro atoms. The molecule has 0 saturated carbocycles. The number of nitrogens with zero attached hydrogens (tertiary/aromatic N) is 1. The molecule has 5 N–H and O–H groups in total. The van der Waals surface area contributed by atoms with Crippen LogP contribution >= 0.6 is 0 Å². The summed E-state index contributed by atoms with van der Waals surface area (Å²) >= 11 is 0. The average molecular weight is 396 g/mol. The number of aliphatic imine (C=N–C) groups is 1. The van der Waals surface area contributed by atoms with Gasteiger partial charge in [0.15, 0.2) is 0 Å². The first-order chi connectivity index (χ1) is 13.6. The van der Waals surface area contributed by atoms with Crippen LogP contribution in [0.25, 0.3) is 0 Å². The molecule has 0 aromatic rings. The van der Waals surface area contributed by atoms with Gasteiger partial charge < -0.3 is 16.6 Å². The van der Waals surface area contributed by atoms with Gasteiger partial charge >= 0.3 is 5.97 Å². The highest BCUT2D eigenvalue weighted by molar-refractivity contribution is 5.85. The summed E-state index contributed by atoms with van der Waals surface area (Å²) in [6, 6.07) is -0.770. The predicted molar refractivity (Wildman–Crippen MR) is 121 cm³/mol. The zero-order chi connectivity index (χ0) is 20.9. The van der Waals surface area contributed by atoms with Crippen molar-refractivity contribution in [2.75, 3.05) is 6.54 Å². The molecule has 0 fully saturated rings. The topological polar surface area (TPSA) is 102 Å². The van der Waals surface area contributed by atoms with Gasteiger partial charge in [0.05, 0.1) is 5.84 Å². The van der Waals surface area contributed by atoms with Crippen LogP contribution in [0.5, 0.6) is 0 Å². The molecular weight excluding hydrogens is 350 g/mol. The number of hydrogen-bond donors (Lipinski definition) is 3. The van der Waals surface area contributed by atoms with E-state index in [2.05, 4.69) is 18.0 Å². The van der Waals surface area contributed by atoms with Crippen LogP contribution in [0.15, 0.2) is 17.1 Å². The van der Waals surface area contributed by atoms with Crippen LogP contribution in [0.4, 0.5) is 0 Å². The third kappa shape index (κ3) is 18.0. The van der Waals surface area contributed by atoms with E-state index in [1.165, 1.54) is 77.0 Å². The summed E-state index contributed by atoms with van der Waals surface area (Å²) in [5.41, 5.74) is 11.3. The minimum Gasteiger partial charge on any atom is -0.480 e. The maximum Gasteiger partial charge on any atom is 0.328 e. The van der Waals surface area contributed by atoms with Gasteiger partial charge in [-0.2, -0.15) is 0 Å². The van der Waals surface area contributed by atoms with Crippen LogP contribution in [0, 0.1) is 0 Å². The Balaban J connectivity index is 3.59. The van der Waals surface area contributed by atoms with Gasteiger partial charge in [-0.05, 0) is 32.2 Å². The fourth-order valence-corrected chi connectivity index (χ4v) is 3.23. The summed E-state index contributed by atoms with van der Waals surface area (Å²) in [6.45, 7) is 2.74. The van der Waals surface area contributed by atoms with Crippen molar-refractivity contribution in [1.29, 1.82) is 0 Å². The highest BCUT2D eigenvalue weighted by atomic mass is 16.4. The molecule has 5 heteroatoms. The lowest BCUT2D eigenvalue weighted by Crippen LogP contribution is -2.23. The molecule has 0 heterocycles. The molecule has 0 aromatic heterocycles. The molecule has 28 heavy (non-hydrogen) atoms. The Kier molecular flexibility index (Phi) is 19.4. The number of hydrogen-bond acceptors (Lipinski definition) is 3. The number of carbonyl (C=O) groups is 1. The van der Waals surface area contributed by atoms with Gasteiger partial charge in [-0.3, -0.25) is 4.99 Å². The number of carboxylic acids is 1. The van der Waals surface area contributed by atoms with E-state index < -0.39 is 12.0 Å². The van der Waals surface area contributed by atoms with Gasteiger partial charge in [-0.25, -0.2) is 4.79 Å². The second-order valence-corrected chi connectivity index (χ2v) is 7.76. The maximum absolute atomic E-state index is 11.1. The molecule has 0 aromatic carbocycles. The molecule has 0 saturated heterocycles. The summed E-state index contributed by atoms with van der Waals surface area (Å²) < 4.78 is 0. The van der Waals surface area contributed by atoms with Crippen molar-refractivity contribution in [3.8, 4) is 0 Å². The quantitative estimate of drug-likeness (QED) is 0.108. The summed E-state index contributed by atoms with van der Waals surface area (Å²) in [6.07, 6.45) is 23.1. The smallest absolute Gasteiger partial charge is 0.328 e. The molecule has 164 valence electrons. The second kappa shape index (κ2) is 20.4. The first-order valence-electron chi connectivity index (χ1n) is 11.5. The monoisotopic (exact) mass is 395 g/mol. The molecule has 5 nitrogen and oxygen atoms in total. The third-order valence-corrected chi connectivity index (χ3v) is 5.01. The highest BCUT2D eigenvalue weighted by Gasteiger charge is 2.15. The van der Waals surface area contributed by atoms with Gasteiger partial charge in [0.2, 0.25) is 0 Å². The van der Waals surface area contributed by atoms with Crippen LogP contribution in [0.3, 0.4) is 0 Å². The van der Waals surface area contributed by atoms with Crippen molar-refractivity contribution in [3.05, 3.63) is 12.2 Å². The molecule has 0 rings (SSSR count). The van der Waals surface area contributed by atoms with Gasteiger partial charge in [-0.1, -0.05) is 89.7 Å². The van der Waals surface area contributed by atoms with Crippen LogP contribution in [-0.4, -0.2) is 29.5 Å². The van der Waals surface area contributed by atoms with Gasteiger partial charge in [0, 0.05) is 6.42 Å². The lowest BCUT2D eigenvalue weighted by Gasteiger charge is -2.07. The summed E-state index contributed by atoms with van der Waals surface area (Å²) in [4.78, 5) is 15.2. The maximum atomic E-state index is 11.1. The van der Waals surface area contributed by atoms with E-state index in [1.54, 1.807) is 0 Å². The average Bonchev–Trinajstić information content (AvgIpc) is 2.67. The summed E-state index contributed by atoms with van der Waals surface area (Å²) in [7, 11) is 0. The Hall–Kier alpha value is -1.36. The van der Waals surface area contributed by atoms with E-state index in [9.17, 15) is 4.79 Å². The summed E-state index contributed by atoms with van der Waals surface area (Å²) in [5.74, 6) is -0.549. The van der Waals surface area contributed by atoms with Gasteiger partial charge in [0.1, 0.15) is 6.04 Å². The molecule has 0 aliphatic carbocycles. The molecule has 0 aliphatic heterocycles. The zero-order valence-corrected chi connectivity index (χ0v) is 18.2. The van der Waals surface area contributed by atoms with Crippen molar-refractivity contribution in [1.82, 2.24) is 0 Å². The number of aliphatic carboxylic acids is 1. The molecule has 0 amide bonds. The largest absolute Gasteiger partial charge is 0.480 e. The molecule has 0 unspecified atom stereocenters. The third-order valence-electron chi connectivity index (χ3n) is 5.01. The summed E-state index contributed by atoms with van der Waals surface area (Å²) in [5, 5.41) is 9.13. The molecular formula is C23H45N3O2. The van der Waals surface area contributed by atoms with Crippen LogP contribution in [0.2, 0.25) is 0 Å². The van der Waals surface area contributed by atoms with E-state index in [0.29, 0.717) is 31.6 Å². The number of amidine groups is 1. The minimum absolute atomic E-state index is 0.385. The number of rotatable bonds is 20. The normalized spacial score (nSPS) is 13.3. The van der Waals surface area contributed by atoms with E-state index in [1.807, 2.05) is 6.08 Å².